The number of hydrogen-bond acceptors (Lipinski definition) is 8. The number of aliphatic hydroxyl groups is 1. The van der Waals surface area contributed by atoms with Gasteiger partial charge in [0.15, 0.2) is 5.76 Å². The van der Waals surface area contributed by atoms with Gasteiger partial charge in [-0.1, -0.05) is 13.8 Å². The molecule has 10 nitrogen and oxygen atoms in total. The summed E-state index contributed by atoms with van der Waals surface area (Å²) in [7, 11) is -0.295. The predicted octanol–water partition coefficient (Wildman–Crippen LogP) is 1.37. The van der Waals surface area contributed by atoms with Crippen molar-refractivity contribution < 1.29 is 32.5 Å². The highest BCUT2D eigenvalue weighted by Gasteiger charge is 2.33. The van der Waals surface area contributed by atoms with E-state index in [0.29, 0.717) is 31.0 Å². The summed E-state index contributed by atoms with van der Waals surface area (Å²) in [5.74, 6) is 1.11. The molecule has 1 aromatic rings. The molecule has 0 radical (unpaired) electrons. The third kappa shape index (κ3) is 7.19. The number of benzene rings is 1. The van der Waals surface area contributed by atoms with Crippen molar-refractivity contribution in [1.29, 1.82) is 0 Å². The molecule has 36 heavy (non-hydrogen) atoms. The second-order valence-electron chi connectivity index (χ2n) is 9.49. The number of likely N-dealkylation sites (N-methyl/N-ethyl adjacent to an activating group) is 1. The van der Waals surface area contributed by atoms with Crippen molar-refractivity contribution in [1.82, 2.24) is 14.1 Å². The standard InChI is InChI=1S/C25H39N3O7S/c1-19(2)20-17-23(25(30)27-11-9-26(3)10-12-27)35-24(18-20)34-16-14-28(13-15-29)36(31,32)22-7-5-21(33-4)6-8-22/h5-8,17,19-20,24,29H,9-16,18H2,1-4H3/t20-,24+/m1/s1. The van der Waals surface area contributed by atoms with Gasteiger partial charge in [-0.2, -0.15) is 4.31 Å². The minimum atomic E-state index is -3.84. The molecule has 2 aliphatic heterocycles. The topological polar surface area (TPSA) is 109 Å². The number of ether oxygens (including phenoxy) is 3. The van der Waals surface area contributed by atoms with E-state index in [1.165, 1.54) is 23.5 Å². The van der Waals surface area contributed by atoms with Crippen molar-refractivity contribution in [3.8, 4) is 5.75 Å². The van der Waals surface area contributed by atoms with Crippen molar-refractivity contribution in [3.05, 3.63) is 36.1 Å². The van der Waals surface area contributed by atoms with Gasteiger partial charge >= 0.3 is 0 Å². The van der Waals surface area contributed by atoms with Gasteiger partial charge in [0.25, 0.3) is 5.91 Å². The molecule has 0 saturated carbocycles. The maximum Gasteiger partial charge on any atom is 0.288 e. The summed E-state index contributed by atoms with van der Waals surface area (Å²) >= 11 is 0. The Morgan fingerprint density at radius 1 is 1.17 bits per heavy atom. The molecule has 0 unspecified atom stereocenters. The average Bonchev–Trinajstić information content (AvgIpc) is 2.88. The Kier molecular flexibility index (Phi) is 10.1. The fourth-order valence-corrected chi connectivity index (χ4v) is 5.63. The van der Waals surface area contributed by atoms with Gasteiger partial charge in [0.2, 0.25) is 16.3 Å². The molecule has 0 aliphatic carbocycles. The molecule has 1 saturated heterocycles. The molecule has 1 aromatic carbocycles. The van der Waals surface area contributed by atoms with E-state index in [9.17, 15) is 18.3 Å². The summed E-state index contributed by atoms with van der Waals surface area (Å²) in [5, 5.41) is 9.46. The lowest BCUT2D eigenvalue weighted by Gasteiger charge is -2.36. The van der Waals surface area contributed by atoms with Crippen LogP contribution in [0.3, 0.4) is 0 Å². The lowest BCUT2D eigenvalue weighted by molar-refractivity contribution is -0.157. The fourth-order valence-electron chi connectivity index (χ4n) is 4.21. The second kappa shape index (κ2) is 12.9. The van der Waals surface area contributed by atoms with Crippen molar-refractivity contribution in [2.24, 2.45) is 11.8 Å². The number of nitrogens with zero attached hydrogens (tertiary/aromatic N) is 3. The van der Waals surface area contributed by atoms with Gasteiger partial charge < -0.3 is 29.1 Å². The number of aliphatic hydroxyl groups excluding tert-OH is 1. The summed E-state index contributed by atoms with van der Waals surface area (Å²) in [6, 6.07) is 6.09. The van der Waals surface area contributed by atoms with E-state index < -0.39 is 16.3 Å². The SMILES string of the molecule is COc1ccc(S(=O)(=O)N(CCO)CCO[C@@H]2C[C@H](C(C)C)C=C(C(=O)N3CCN(C)CC3)O2)cc1. The van der Waals surface area contributed by atoms with Crippen LogP contribution >= 0.6 is 0 Å². The Hall–Kier alpha value is -2.18. The summed E-state index contributed by atoms with van der Waals surface area (Å²) < 4.78 is 44.4. The van der Waals surface area contributed by atoms with Gasteiger partial charge in [0.1, 0.15) is 5.75 Å². The first-order chi connectivity index (χ1) is 17.1. The summed E-state index contributed by atoms with van der Waals surface area (Å²) in [6.45, 7) is 6.81. The van der Waals surface area contributed by atoms with Gasteiger partial charge in [0.05, 0.1) is 25.2 Å². The van der Waals surface area contributed by atoms with Crippen LogP contribution < -0.4 is 4.74 Å². The van der Waals surface area contributed by atoms with Crippen molar-refractivity contribution in [3.63, 3.8) is 0 Å². The Bertz CT molecular complexity index is 989. The molecular formula is C25H39N3O7S. The van der Waals surface area contributed by atoms with Crippen molar-refractivity contribution in [2.45, 2.75) is 31.5 Å². The Labute approximate surface area is 214 Å². The third-order valence-corrected chi connectivity index (χ3v) is 8.55. The molecule has 1 fully saturated rings. The van der Waals surface area contributed by atoms with Crippen LogP contribution in [0.1, 0.15) is 20.3 Å². The van der Waals surface area contributed by atoms with Crippen LogP contribution in [-0.4, -0.2) is 106 Å². The highest BCUT2D eigenvalue weighted by atomic mass is 32.2. The zero-order chi connectivity index (χ0) is 26.3. The first-order valence-corrected chi connectivity index (χ1v) is 13.8. The zero-order valence-electron chi connectivity index (χ0n) is 21.6. The van der Waals surface area contributed by atoms with E-state index in [4.69, 9.17) is 14.2 Å². The molecule has 3 rings (SSSR count). The minimum Gasteiger partial charge on any atom is -0.497 e. The number of allylic oxidation sites excluding steroid dienone is 1. The Balaban J connectivity index is 1.63. The fraction of sp³-hybridized carbons (Fsp3) is 0.640. The monoisotopic (exact) mass is 525 g/mol. The molecule has 1 N–H and O–H groups in total. The molecule has 0 bridgehead atoms. The van der Waals surface area contributed by atoms with Gasteiger partial charge in [-0.05, 0) is 49.2 Å². The van der Waals surface area contributed by atoms with Gasteiger partial charge in [-0.3, -0.25) is 4.79 Å². The van der Waals surface area contributed by atoms with E-state index in [2.05, 4.69) is 18.7 Å². The summed E-state index contributed by atoms with van der Waals surface area (Å²) in [6.07, 6.45) is 1.81. The van der Waals surface area contributed by atoms with Crippen LogP contribution in [0.25, 0.3) is 0 Å². The molecule has 2 atom stereocenters. The lowest BCUT2D eigenvalue weighted by atomic mass is 9.90. The normalized spacial score (nSPS) is 21.4. The maximum absolute atomic E-state index is 13.1. The smallest absolute Gasteiger partial charge is 0.288 e. The Morgan fingerprint density at radius 3 is 2.42 bits per heavy atom. The summed E-state index contributed by atoms with van der Waals surface area (Å²) in [5.41, 5.74) is 0. The van der Waals surface area contributed by atoms with Crippen LogP contribution in [-0.2, 0) is 24.3 Å². The quantitative estimate of drug-likeness (QED) is 0.462. The molecular weight excluding hydrogens is 486 g/mol. The number of amides is 1. The molecule has 2 heterocycles. The number of carbonyl (C=O) groups is 1. The zero-order valence-corrected chi connectivity index (χ0v) is 22.4. The third-order valence-electron chi connectivity index (χ3n) is 6.64. The number of hydrogen-bond donors (Lipinski definition) is 1. The maximum atomic E-state index is 13.1. The van der Waals surface area contributed by atoms with Crippen LogP contribution in [0, 0.1) is 11.8 Å². The van der Waals surface area contributed by atoms with E-state index in [-0.39, 0.29) is 48.9 Å². The minimum absolute atomic E-state index is 0.0343. The molecule has 2 aliphatic rings. The predicted molar refractivity (Wildman–Crippen MR) is 135 cm³/mol. The molecule has 202 valence electrons. The number of piperazine rings is 1. The average molecular weight is 526 g/mol. The van der Waals surface area contributed by atoms with Crippen LogP contribution in [0.4, 0.5) is 0 Å². The van der Waals surface area contributed by atoms with Crippen LogP contribution in [0.5, 0.6) is 5.75 Å². The second-order valence-corrected chi connectivity index (χ2v) is 11.4. The molecule has 11 heteroatoms. The number of rotatable bonds is 11. The van der Waals surface area contributed by atoms with Crippen LogP contribution in [0.15, 0.2) is 41.0 Å². The van der Waals surface area contributed by atoms with Crippen molar-refractivity contribution in [2.75, 3.05) is 66.6 Å². The highest BCUT2D eigenvalue weighted by Crippen LogP contribution is 2.30. The van der Waals surface area contributed by atoms with E-state index in [1.54, 1.807) is 17.0 Å². The van der Waals surface area contributed by atoms with Gasteiger partial charge in [-0.15, -0.1) is 0 Å². The van der Waals surface area contributed by atoms with Crippen molar-refractivity contribution >= 4 is 15.9 Å². The van der Waals surface area contributed by atoms with Crippen LogP contribution in [0.2, 0.25) is 0 Å². The largest absolute Gasteiger partial charge is 0.497 e. The van der Waals surface area contributed by atoms with E-state index in [1.807, 2.05) is 13.1 Å². The molecule has 0 aromatic heterocycles. The lowest BCUT2D eigenvalue weighted by Crippen LogP contribution is -2.48. The number of sulfonamides is 1. The van der Waals surface area contributed by atoms with Gasteiger partial charge in [-0.25, -0.2) is 8.42 Å². The molecule has 0 spiro atoms. The first kappa shape index (κ1) is 28.4. The number of methoxy groups -OCH3 is 1. The van der Waals surface area contributed by atoms with E-state index in [0.717, 1.165) is 13.1 Å². The van der Waals surface area contributed by atoms with E-state index >= 15 is 0 Å². The first-order valence-electron chi connectivity index (χ1n) is 12.4. The molecule has 1 amide bonds. The van der Waals surface area contributed by atoms with Gasteiger partial charge in [0, 0.05) is 45.7 Å². The summed E-state index contributed by atoms with van der Waals surface area (Å²) in [4.78, 5) is 17.2. The Morgan fingerprint density at radius 2 is 1.83 bits per heavy atom. The highest BCUT2D eigenvalue weighted by molar-refractivity contribution is 7.89. The number of carbonyl (C=O) groups excluding carboxylic acids is 1.